The smallest absolute Gasteiger partial charge is 0.248 e. The van der Waals surface area contributed by atoms with Crippen molar-refractivity contribution in [2.45, 2.75) is 19.9 Å². The van der Waals surface area contributed by atoms with Gasteiger partial charge in [-0.05, 0) is 24.1 Å². The minimum absolute atomic E-state index is 0.0353. The van der Waals surface area contributed by atoms with Gasteiger partial charge in [-0.15, -0.1) is 5.10 Å². The average Bonchev–Trinajstić information content (AvgIpc) is 3.19. The molecule has 1 aliphatic heterocycles. The highest BCUT2D eigenvalue weighted by atomic mass is 19.1. The van der Waals surface area contributed by atoms with E-state index < -0.39 is 5.82 Å². The molecule has 1 aromatic carbocycles. The summed E-state index contributed by atoms with van der Waals surface area (Å²) in [6.07, 6.45) is 1.37. The molecule has 33 heavy (non-hydrogen) atoms. The number of rotatable bonds is 8. The van der Waals surface area contributed by atoms with E-state index in [0.717, 1.165) is 18.8 Å². The van der Waals surface area contributed by atoms with Crippen LogP contribution in [-0.2, 0) is 4.74 Å². The van der Waals surface area contributed by atoms with E-state index in [1.165, 1.54) is 17.1 Å². The zero-order valence-electron chi connectivity index (χ0n) is 18.6. The van der Waals surface area contributed by atoms with Crippen LogP contribution < -0.4 is 21.3 Å². The Balaban J connectivity index is 1.50. The van der Waals surface area contributed by atoms with Gasteiger partial charge in [0.25, 0.3) is 0 Å². The number of aliphatic hydroxyl groups is 1. The van der Waals surface area contributed by atoms with E-state index in [1.54, 1.807) is 12.1 Å². The second-order valence-electron chi connectivity index (χ2n) is 8.03. The number of nitrogen functional groups attached to an aromatic ring is 1. The number of nitrogens with zero attached hydrogens (tertiary/aromatic N) is 6. The van der Waals surface area contributed by atoms with E-state index in [4.69, 9.17) is 10.5 Å². The van der Waals surface area contributed by atoms with Gasteiger partial charge < -0.3 is 31.1 Å². The topological polar surface area (TPSA) is 139 Å². The number of nitrogens with two attached hydrogens (primary N) is 1. The molecule has 11 nitrogen and oxygen atoms in total. The number of hydrogen-bond acceptors (Lipinski definition) is 10. The summed E-state index contributed by atoms with van der Waals surface area (Å²) in [5.41, 5.74) is 7.06. The second kappa shape index (κ2) is 9.96. The molecule has 3 aromatic rings. The molecule has 0 radical (unpaired) electrons. The molecule has 0 spiro atoms. The number of benzene rings is 1. The third kappa shape index (κ3) is 5.29. The standard InChI is InChI=1S/C21H28FN9O2/c1-13(2)17(11-32)26-18-10-19(25-12-24-18)31-20(23)28-21(29-31)27-16-4-3-14(9-15(16)22)30-5-7-33-8-6-30/h3-4,9-10,12-13,17,32H,5-8,11H2,1-2H3,(H,24,25,26)(H3,23,27,28,29)/t17-/m1/s1. The van der Waals surface area contributed by atoms with Gasteiger partial charge in [0, 0.05) is 24.8 Å². The van der Waals surface area contributed by atoms with E-state index in [9.17, 15) is 9.50 Å². The van der Waals surface area contributed by atoms with Crippen molar-refractivity contribution in [3.05, 3.63) is 36.4 Å². The quantitative estimate of drug-likeness (QED) is 0.396. The van der Waals surface area contributed by atoms with Gasteiger partial charge in [-0.25, -0.2) is 14.4 Å². The van der Waals surface area contributed by atoms with Crippen LogP contribution in [0.25, 0.3) is 5.82 Å². The maximum Gasteiger partial charge on any atom is 0.248 e. The molecule has 0 bridgehead atoms. The molecule has 0 saturated carbocycles. The molecule has 0 amide bonds. The van der Waals surface area contributed by atoms with Crippen LogP contribution in [0.3, 0.4) is 0 Å². The number of hydrogen-bond donors (Lipinski definition) is 4. The van der Waals surface area contributed by atoms with Crippen molar-refractivity contribution in [3.63, 3.8) is 0 Å². The fourth-order valence-electron chi connectivity index (χ4n) is 3.44. The molecule has 176 valence electrons. The molecule has 4 rings (SSSR count). The number of aromatic nitrogens is 5. The first-order valence-corrected chi connectivity index (χ1v) is 10.8. The number of halogens is 1. The van der Waals surface area contributed by atoms with Crippen molar-refractivity contribution in [1.82, 2.24) is 24.7 Å². The molecular formula is C21H28FN9O2. The summed E-state index contributed by atoms with van der Waals surface area (Å²) in [4.78, 5) is 14.6. The first-order valence-electron chi connectivity index (χ1n) is 10.8. The van der Waals surface area contributed by atoms with Crippen molar-refractivity contribution in [3.8, 4) is 5.82 Å². The Morgan fingerprint density at radius 3 is 2.70 bits per heavy atom. The maximum absolute atomic E-state index is 14.7. The first-order chi connectivity index (χ1) is 15.9. The van der Waals surface area contributed by atoms with Crippen LogP contribution in [0.15, 0.2) is 30.6 Å². The third-order valence-electron chi connectivity index (χ3n) is 5.41. The summed E-state index contributed by atoms with van der Waals surface area (Å²) in [5.74, 6) is 0.886. The van der Waals surface area contributed by atoms with Gasteiger partial charge >= 0.3 is 0 Å². The fourth-order valence-corrected chi connectivity index (χ4v) is 3.44. The SMILES string of the molecule is CC(C)[C@@H](CO)Nc1cc(-n2nc(Nc3ccc(N4CCOCC4)cc3F)nc2N)ncn1. The predicted molar refractivity (Wildman–Crippen MR) is 123 cm³/mol. The minimum atomic E-state index is -0.425. The molecule has 0 aliphatic carbocycles. The van der Waals surface area contributed by atoms with E-state index in [2.05, 4.69) is 35.6 Å². The van der Waals surface area contributed by atoms with E-state index in [-0.39, 0.29) is 36.2 Å². The molecule has 1 saturated heterocycles. The van der Waals surface area contributed by atoms with Crippen molar-refractivity contribution >= 4 is 29.1 Å². The molecule has 3 heterocycles. The lowest BCUT2D eigenvalue weighted by atomic mass is 10.1. The summed E-state index contributed by atoms with van der Waals surface area (Å²) in [5, 5.41) is 19.9. The molecule has 1 atom stereocenters. The summed E-state index contributed by atoms with van der Waals surface area (Å²) < 4.78 is 21.4. The zero-order valence-corrected chi connectivity index (χ0v) is 18.6. The lowest BCUT2D eigenvalue weighted by Gasteiger charge is -2.29. The first kappa shape index (κ1) is 22.7. The molecule has 1 aliphatic rings. The highest BCUT2D eigenvalue weighted by Crippen LogP contribution is 2.25. The normalized spacial score (nSPS) is 15.0. The largest absolute Gasteiger partial charge is 0.394 e. The lowest BCUT2D eigenvalue weighted by molar-refractivity contribution is 0.122. The van der Waals surface area contributed by atoms with Crippen molar-refractivity contribution in [1.29, 1.82) is 0 Å². The second-order valence-corrected chi connectivity index (χ2v) is 8.03. The summed E-state index contributed by atoms with van der Waals surface area (Å²) in [6, 6.07) is 6.44. The number of nitrogens with one attached hydrogen (secondary N) is 2. The number of ether oxygens (including phenoxy) is 1. The van der Waals surface area contributed by atoms with Crippen LogP contribution in [-0.4, -0.2) is 68.8 Å². The van der Waals surface area contributed by atoms with Gasteiger partial charge in [0.2, 0.25) is 11.9 Å². The number of anilines is 5. The number of morpholine rings is 1. The van der Waals surface area contributed by atoms with Gasteiger partial charge in [0.15, 0.2) is 5.82 Å². The van der Waals surface area contributed by atoms with Crippen LogP contribution in [0.2, 0.25) is 0 Å². The van der Waals surface area contributed by atoms with Gasteiger partial charge in [-0.1, -0.05) is 13.8 Å². The van der Waals surface area contributed by atoms with Crippen molar-refractivity contribution < 1.29 is 14.2 Å². The van der Waals surface area contributed by atoms with Crippen LogP contribution in [0.5, 0.6) is 0 Å². The van der Waals surface area contributed by atoms with E-state index >= 15 is 0 Å². The van der Waals surface area contributed by atoms with Crippen molar-refractivity contribution in [2.24, 2.45) is 5.92 Å². The highest BCUT2D eigenvalue weighted by molar-refractivity contribution is 5.61. The van der Waals surface area contributed by atoms with Crippen molar-refractivity contribution in [2.75, 3.05) is 54.2 Å². The maximum atomic E-state index is 14.7. The average molecular weight is 458 g/mol. The van der Waals surface area contributed by atoms with Gasteiger partial charge in [-0.3, -0.25) is 0 Å². The van der Waals surface area contributed by atoms with Gasteiger partial charge in [0.1, 0.15) is 18.0 Å². The molecule has 2 aromatic heterocycles. The highest BCUT2D eigenvalue weighted by Gasteiger charge is 2.17. The van der Waals surface area contributed by atoms with Crippen LogP contribution in [0, 0.1) is 11.7 Å². The minimum Gasteiger partial charge on any atom is -0.394 e. The van der Waals surface area contributed by atoms with Gasteiger partial charge in [0.05, 0.1) is 31.5 Å². The Morgan fingerprint density at radius 2 is 2.00 bits per heavy atom. The summed E-state index contributed by atoms with van der Waals surface area (Å²) in [7, 11) is 0. The Hall–Kier alpha value is -3.51. The predicted octanol–water partition coefficient (Wildman–Crippen LogP) is 1.79. The van der Waals surface area contributed by atoms with Crippen LogP contribution >= 0.6 is 0 Å². The number of aliphatic hydroxyl groups excluding tert-OH is 1. The zero-order chi connectivity index (χ0) is 23.4. The summed E-state index contributed by atoms with van der Waals surface area (Å²) in [6.45, 7) is 6.65. The summed E-state index contributed by atoms with van der Waals surface area (Å²) >= 11 is 0. The van der Waals surface area contributed by atoms with Gasteiger partial charge in [-0.2, -0.15) is 9.67 Å². The fraction of sp³-hybridized carbons (Fsp3) is 0.429. The Bertz CT molecular complexity index is 1090. The van der Waals surface area contributed by atoms with E-state index in [0.29, 0.717) is 24.8 Å². The molecule has 5 N–H and O–H groups in total. The molecule has 1 fully saturated rings. The Labute approximate surface area is 190 Å². The van der Waals surface area contributed by atoms with Crippen LogP contribution in [0.4, 0.5) is 33.5 Å². The molecule has 12 heteroatoms. The third-order valence-corrected chi connectivity index (χ3v) is 5.41. The van der Waals surface area contributed by atoms with Crippen LogP contribution in [0.1, 0.15) is 13.8 Å². The van der Waals surface area contributed by atoms with E-state index in [1.807, 2.05) is 19.9 Å². The monoisotopic (exact) mass is 457 g/mol. The lowest BCUT2D eigenvalue weighted by Crippen LogP contribution is -2.36. The Morgan fingerprint density at radius 1 is 1.21 bits per heavy atom. The molecular weight excluding hydrogens is 429 g/mol. The Kier molecular flexibility index (Phi) is 6.84. The molecule has 0 unspecified atom stereocenters.